The van der Waals surface area contributed by atoms with Crippen molar-refractivity contribution in [2.45, 2.75) is 24.9 Å². The van der Waals surface area contributed by atoms with Gasteiger partial charge in [-0.2, -0.15) is 0 Å². The van der Waals surface area contributed by atoms with Crippen LogP contribution in [0.5, 0.6) is 0 Å². The average molecular weight is 491 g/mol. The van der Waals surface area contributed by atoms with Crippen molar-refractivity contribution in [1.82, 2.24) is 9.80 Å². The predicted molar refractivity (Wildman–Crippen MR) is 144 cm³/mol. The molecule has 5 rings (SSSR count). The predicted octanol–water partition coefficient (Wildman–Crippen LogP) is 6.13. The Kier molecular flexibility index (Phi) is 6.52. The first-order valence-corrected chi connectivity index (χ1v) is 13.4. The van der Waals surface area contributed by atoms with E-state index in [1.54, 1.807) is 0 Å². The van der Waals surface area contributed by atoms with E-state index in [1.165, 1.54) is 22.9 Å². The van der Waals surface area contributed by atoms with E-state index in [0.29, 0.717) is 18.3 Å². The van der Waals surface area contributed by atoms with Crippen molar-refractivity contribution in [3.8, 4) is 0 Å². The summed E-state index contributed by atoms with van der Waals surface area (Å²) in [6.07, 6.45) is 0. The molecule has 0 aliphatic carbocycles. The fourth-order valence-electron chi connectivity index (χ4n) is 4.49. The van der Waals surface area contributed by atoms with Gasteiger partial charge < -0.3 is 14.9 Å². The Bertz CT molecular complexity index is 1150. The minimum Gasteiger partial charge on any atom is -0.366 e. The number of hydrogen-bond donors (Lipinski definition) is 1. The highest BCUT2D eigenvalue weighted by Gasteiger charge is 2.43. The molecule has 2 aliphatic heterocycles. The highest BCUT2D eigenvalue weighted by Crippen LogP contribution is 2.42. The number of thiocarbonyl (C=S) groups is 1. The van der Waals surface area contributed by atoms with Crippen LogP contribution in [-0.2, 0) is 18.8 Å². The van der Waals surface area contributed by atoms with Gasteiger partial charge in [-0.3, -0.25) is 0 Å². The summed E-state index contributed by atoms with van der Waals surface area (Å²) < 4.78 is 0.736. The van der Waals surface area contributed by atoms with Gasteiger partial charge in [-0.1, -0.05) is 115 Å². The maximum Gasteiger partial charge on any atom is 0.175 e. The number of benzene rings is 3. The van der Waals surface area contributed by atoms with Gasteiger partial charge in [-0.25, -0.2) is 0 Å². The van der Waals surface area contributed by atoms with E-state index in [4.69, 9.17) is 12.2 Å². The maximum absolute atomic E-state index is 11.5. The largest absolute Gasteiger partial charge is 0.366 e. The summed E-state index contributed by atoms with van der Waals surface area (Å²) in [5, 5.41) is 12.7. The summed E-state index contributed by atoms with van der Waals surface area (Å²) >= 11 is 8.99. The van der Waals surface area contributed by atoms with Crippen LogP contribution >= 0.6 is 35.7 Å². The molecule has 0 saturated carbocycles. The molecule has 33 heavy (non-hydrogen) atoms. The molecular formula is C27H26N2OS3. The van der Waals surface area contributed by atoms with Gasteiger partial charge in [0.2, 0.25) is 0 Å². The van der Waals surface area contributed by atoms with Crippen LogP contribution < -0.4 is 0 Å². The average Bonchev–Trinajstić information content (AvgIpc) is 3.35. The minimum atomic E-state index is -1.09. The molecule has 0 aromatic heterocycles. The summed E-state index contributed by atoms with van der Waals surface area (Å²) in [5.41, 5.74) is 3.49. The lowest BCUT2D eigenvalue weighted by molar-refractivity contribution is -0.0508. The van der Waals surface area contributed by atoms with Gasteiger partial charge >= 0.3 is 0 Å². The number of nitrogens with zero attached hydrogens (tertiary/aromatic N) is 2. The topological polar surface area (TPSA) is 26.7 Å². The second-order valence-electron chi connectivity index (χ2n) is 8.40. The Morgan fingerprint density at radius 1 is 0.909 bits per heavy atom. The molecule has 2 aliphatic rings. The van der Waals surface area contributed by atoms with E-state index < -0.39 is 5.72 Å². The van der Waals surface area contributed by atoms with Crippen LogP contribution in [0.3, 0.4) is 0 Å². The van der Waals surface area contributed by atoms with Crippen molar-refractivity contribution < 1.29 is 5.11 Å². The Morgan fingerprint density at radius 3 is 2.30 bits per heavy atom. The third-order valence-electron chi connectivity index (χ3n) is 6.27. The van der Waals surface area contributed by atoms with Gasteiger partial charge in [-0.05, 0) is 16.7 Å². The van der Waals surface area contributed by atoms with Crippen LogP contribution in [0.25, 0.3) is 0 Å². The minimum absolute atomic E-state index is 0.332. The molecule has 3 nitrogen and oxygen atoms in total. The second-order valence-corrected chi connectivity index (χ2v) is 11.1. The van der Waals surface area contributed by atoms with E-state index in [-0.39, 0.29) is 0 Å². The molecule has 168 valence electrons. The number of thioether (sulfide) groups is 2. The fourth-order valence-corrected chi connectivity index (χ4v) is 6.98. The van der Waals surface area contributed by atoms with Crippen LogP contribution in [0.15, 0.2) is 96.5 Å². The molecule has 2 atom stereocenters. The Hall–Kier alpha value is -2.25. The first kappa shape index (κ1) is 22.5. The fraction of sp³-hybridized carbons (Fsp3) is 0.222. The molecule has 0 radical (unpaired) electrons. The first-order valence-electron chi connectivity index (χ1n) is 11.0. The molecule has 0 bridgehead atoms. The zero-order valence-corrected chi connectivity index (χ0v) is 20.7. The van der Waals surface area contributed by atoms with Gasteiger partial charge in [0.1, 0.15) is 4.32 Å². The molecule has 1 N–H and O–H groups in total. The Morgan fingerprint density at radius 2 is 1.58 bits per heavy atom. The molecule has 2 heterocycles. The van der Waals surface area contributed by atoms with Gasteiger partial charge in [0.05, 0.1) is 16.8 Å². The zero-order valence-electron chi connectivity index (χ0n) is 18.3. The molecule has 3 aromatic rings. The summed E-state index contributed by atoms with van der Waals surface area (Å²) in [4.78, 5) is 4.36. The van der Waals surface area contributed by atoms with E-state index in [1.807, 2.05) is 47.0 Å². The third-order valence-corrected chi connectivity index (χ3v) is 8.91. The zero-order chi connectivity index (χ0) is 22.8. The summed E-state index contributed by atoms with van der Waals surface area (Å²) in [5.74, 6) is 1.56. The summed E-state index contributed by atoms with van der Waals surface area (Å²) in [6, 6.07) is 29.4. The lowest BCUT2D eigenvalue weighted by Crippen LogP contribution is -2.44. The summed E-state index contributed by atoms with van der Waals surface area (Å²) in [7, 11) is 0. The van der Waals surface area contributed by atoms with Crippen molar-refractivity contribution in [3.05, 3.63) is 119 Å². The van der Waals surface area contributed by atoms with Gasteiger partial charge in [-0.15, -0.1) is 11.8 Å². The van der Waals surface area contributed by atoms with Crippen molar-refractivity contribution in [2.75, 3.05) is 11.5 Å². The molecule has 6 heteroatoms. The molecule has 2 fully saturated rings. The van der Waals surface area contributed by atoms with E-state index in [0.717, 1.165) is 32.8 Å². The van der Waals surface area contributed by atoms with Crippen molar-refractivity contribution in [3.63, 3.8) is 0 Å². The highest BCUT2D eigenvalue weighted by atomic mass is 32.2. The number of hydrogen-bond acceptors (Lipinski definition) is 5. The Balaban J connectivity index is 1.36. The van der Waals surface area contributed by atoms with Crippen LogP contribution in [0, 0.1) is 0 Å². The maximum atomic E-state index is 11.5. The molecule has 2 saturated heterocycles. The van der Waals surface area contributed by atoms with Gasteiger partial charge in [0.15, 0.2) is 5.72 Å². The van der Waals surface area contributed by atoms with E-state index in [2.05, 4.69) is 66.1 Å². The Labute approximate surface area is 209 Å². The van der Waals surface area contributed by atoms with Crippen molar-refractivity contribution >= 4 is 40.1 Å². The van der Waals surface area contributed by atoms with Crippen LogP contribution in [0.1, 0.15) is 28.3 Å². The molecule has 0 spiro atoms. The van der Waals surface area contributed by atoms with Crippen molar-refractivity contribution in [2.24, 2.45) is 0 Å². The number of rotatable bonds is 6. The third kappa shape index (κ3) is 4.58. The molecular weight excluding hydrogens is 465 g/mol. The van der Waals surface area contributed by atoms with E-state index in [9.17, 15) is 5.11 Å². The molecule has 3 aromatic carbocycles. The summed E-state index contributed by atoms with van der Waals surface area (Å²) in [6.45, 7) is 5.68. The molecule has 0 amide bonds. The van der Waals surface area contributed by atoms with Crippen LogP contribution in [0.2, 0.25) is 0 Å². The van der Waals surface area contributed by atoms with Crippen molar-refractivity contribution in [1.29, 1.82) is 0 Å². The molecule has 2 unspecified atom stereocenters. The lowest BCUT2D eigenvalue weighted by atomic mass is 10.0. The van der Waals surface area contributed by atoms with Crippen LogP contribution in [-0.4, -0.2) is 30.7 Å². The highest BCUT2D eigenvalue weighted by molar-refractivity contribution is 8.23. The van der Waals surface area contributed by atoms with Crippen LogP contribution in [0.4, 0.5) is 0 Å². The smallest absolute Gasteiger partial charge is 0.175 e. The normalized spacial score (nSPS) is 22.9. The SMILES string of the molecule is C=C1SCC(c2ccccc2)N1Cc1cccc(CN2C(=S)SCC2(O)c2ccccc2)c1. The van der Waals surface area contributed by atoms with E-state index >= 15 is 0 Å². The van der Waals surface area contributed by atoms with Gasteiger partial charge in [0, 0.05) is 24.4 Å². The van der Waals surface area contributed by atoms with Gasteiger partial charge in [0.25, 0.3) is 0 Å². The lowest BCUT2D eigenvalue weighted by Gasteiger charge is -2.34. The quantitative estimate of drug-likeness (QED) is 0.418. The standard InChI is InChI=1S/C27H26N2OS3/c1-20-28(25(18-32-20)23-11-4-2-5-12-23)16-21-9-8-10-22(15-21)17-29-26(31)33-19-27(29,30)24-13-6-3-7-14-24/h2-15,25,30H,1,16-19H2. The number of aliphatic hydroxyl groups is 1. The second kappa shape index (κ2) is 9.55. The first-order chi connectivity index (χ1) is 16.0. The monoisotopic (exact) mass is 490 g/mol.